The Morgan fingerprint density at radius 3 is 2.48 bits per heavy atom. The topological polar surface area (TPSA) is 69.4 Å². The summed E-state index contributed by atoms with van der Waals surface area (Å²) in [6.07, 6.45) is 0. The molecule has 2 N–H and O–H groups in total. The molecular formula is C15H11ClFNO3. The van der Waals surface area contributed by atoms with E-state index in [9.17, 15) is 14.0 Å². The monoisotopic (exact) mass is 307 g/mol. The van der Waals surface area contributed by atoms with E-state index < -0.39 is 11.7 Å². The van der Waals surface area contributed by atoms with E-state index in [2.05, 4.69) is 0 Å². The number of primary amides is 1. The molecule has 0 aliphatic carbocycles. The molecule has 4 nitrogen and oxygen atoms in total. The normalized spacial score (nSPS) is 10.2. The molecule has 108 valence electrons. The second kappa shape index (κ2) is 6.37. The van der Waals surface area contributed by atoms with Crippen molar-refractivity contribution >= 4 is 23.3 Å². The summed E-state index contributed by atoms with van der Waals surface area (Å²) < 4.78 is 18.7. The van der Waals surface area contributed by atoms with Gasteiger partial charge in [0, 0.05) is 11.6 Å². The van der Waals surface area contributed by atoms with Gasteiger partial charge in [0.25, 0.3) is 5.91 Å². The van der Waals surface area contributed by atoms with E-state index >= 15 is 0 Å². The molecule has 6 heteroatoms. The summed E-state index contributed by atoms with van der Waals surface area (Å²) in [5.41, 5.74) is 5.08. The van der Waals surface area contributed by atoms with Crippen LogP contribution in [0.1, 0.15) is 20.7 Å². The fraction of sp³-hybridized carbons (Fsp3) is 0.0667. The van der Waals surface area contributed by atoms with Gasteiger partial charge in [-0.15, -0.1) is 0 Å². The first-order chi connectivity index (χ1) is 9.99. The van der Waals surface area contributed by atoms with Crippen molar-refractivity contribution in [3.05, 3.63) is 64.4 Å². The van der Waals surface area contributed by atoms with Crippen LogP contribution >= 0.6 is 11.6 Å². The Kier molecular flexibility index (Phi) is 4.55. The Labute approximate surface area is 125 Å². The standard InChI is InChI=1S/C15H11ClFNO3/c16-12-4-2-1-3-10(12)14(19)8-21-9-5-6-11(15(18)20)13(17)7-9/h1-7H,8H2,(H2,18,20). The summed E-state index contributed by atoms with van der Waals surface area (Å²) >= 11 is 5.89. The van der Waals surface area contributed by atoms with Crippen molar-refractivity contribution in [1.29, 1.82) is 0 Å². The van der Waals surface area contributed by atoms with Crippen molar-refractivity contribution in [3.63, 3.8) is 0 Å². The first-order valence-electron chi connectivity index (χ1n) is 5.99. The molecule has 2 rings (SSSR count). The highest BCUT2D eigenvalue weighted by Crippen LogP contribution is 2.18. The molecule has 0 radical (unpaired) electrons. The van der Waals surface area contributed by atoms with E-state index in [0.29, 0.717) is 10.6 Å². The molecule has 0 aliphatic rings. The predicted molar refractivity (Wildman–Crippen MR) is 76.2 cm³/mol. The van der Waals surface area contributed by atoms with Crippen molar-refractivity contribution in [2.45, 2.75) is 0 Å². The molecule has 2 aromatic carbocycles. The zero-order valence-corrected chi connectivity index (χ0v) is 11.6. The Bertz CT molecular complexity index is 703. The zero-order chi connectivity index (χ0) is 15.4. The van der Waals surface area contributed by atoms with Gasteiger partial charge in [0.05, 0.1) is 10.6 Å². The van der Waals surface area contributed by atoms with E-state index in [1.807, 2.05) is 0 Å². The van der Waals surface area contributed by atoms with Crippen LogP contribution < -0.4 is 10.5 Å². The van der Waals surface area contributed by atoms with Gasteiger partial charge < -0.3 is 10.5 Å². The molecular weight excluding hydrogens is 297 g/mol. The summed E-state index contributed by atoms with van der Waals surface area (Å²) in [6.45, 7) is -0.293. The highest BCUT2D eigenvalue weighted by molar-refractivity contribution is 6.34. The lowest BCUT2D eigenvalue weighted by molar-refractivity contribution is 0.0919. The number of amides is 1. The fourth-order valence-corrected chi connectivity index (χ4v) is 1.94. The van der Waals surface area contributed by atoms with Gasteiger partial charge in [0.1, 0.15) is 11.6 Å². The maximum Gasteiger partial charge on any atom is 0.251 e. The molecule has 0 atom stereocenters. The smallest absolute Gasteiger partial charge is 0.251 e. The third-order valence-electron chi connectivity index (χ3n) is 2.75. The zero-order valence-electron chi connectivity index (χ0n) is 10.8. The Morgan fingerprint density at radius 2 is 1.86 bits per heavy atom. The lowest BCUT2D eigenvalue weighted by atomic mass is 10.1. The number of carbonyl (C=O) groups excluding carboxylic acids is 2. The molecule has 0 heterocycles. The number of hydrogen-bond donors (Lipinski definition) is 1. The minimum Gasteiger partial charge on any atom is -0.485 e. The molecule has 0 aromatic heterocycles. The van der Waals surface area contributed by atoms with E-state index in [1.54, 1.807) is 24.3 Å². The van der Waals surface area contributed by atoms with Crippen LogP contribution in [-0.4, -0.2) is 18.3 Å². The number of ketones is 1. The number of ether oxygens (including phenoxy) is 1. The number of rotatable bonds is 5. The second-order valence-electron chi connectivity index (χ2n) is 4.20. The molecule has 0 saturated carbocycles. The lowest BCUT2D eigenvalue weighted by Crippen LogP contribution is -2.14. The average molecular weight is 308 g/mol. The highest BCUT2D eigenvalue weighted by Gasteiger charge is 2.12. The molecule has 2 aromatic rings. The van der Waals surface area contributed by atoms with Crippen LogP contribution in [0.2, 0.25) is 5.02 Å². The van der Waals surface area contributed by atoms with Crippen LogP contribution in [0.15, 0.2) is 42.5 Å². The van der Waals surface area contributed by atoms with Crippen LogP contribution in [0.5, 0.6) is 5.75 Å². The van der Waals surface area contributed by atoms with Crippen LogP contribution in [0.3, 0.4) is 0 Å². The predicted octanol–water partition coefficient (Wildman–Crippen LogP) is 2.84. The number of nitrogens with two attached hydrogens (primary N) is 1. The van der Waals surface area contributed by atoms with Gasteiger partial charge in [-0.1, -0.05) is 23.7 Å². The van der Waals surface area contributed by atoms with Gasteiger partial charge in [-0.2, -0.15) is 0 Å². The SMILES string of the molecule is NC(=O)c1ccc(OCC(=O)c2ccccc2Cl)cc1F. The van der Waals surface area contributed by atoms with Gasteiger partial charge in [0.15, 0.2) is 6.61 Å². The minimum absolute atomic E-state index is 0.123. The molecule has 1 amide bonds. The first-order valence-corrected chi connectivity index (χ1v) is 6.36. The first kappa shape index (κ1) is 15.0. The Balaban J connectivity index is 2.07. The van der Waals surface area contributed by atoms with Gasteiger partial charge in [0.2, 0.25) is 5.78 Å². The van der Waals surface area contributed by atoms with Gasteiger partial charge in [-0.3, -0.25) is 9.59 Å². The molecule has 0 bridgehead atoms. The Hall–Kier alpha value is -2.40. The van der Waals surface area contributed by atoms with Gasteiger partial charge >= 0.3 is 0 Å². The van der Waals surface area contributed by atoms with E-state index in [4.69, 9.17) is 22.1 Å². The van der Waals surface area contributed by atoms with Gasteiger partial charge in [-0.25, -0.2) is 4.39 Å². The number of Topliss-reactive ketones (excluding diaryl/α,β-unsaturated/α-hetero) is 1. The molecule has 21 heavy (non-hydrogen) atoms. The maximum atomic E-state index is 13.5. The van der Waals surface area contributed by atoms with Crippen molar-refractivity contribution in [2.75, 3.05) is 6.61 Å². The van der Waals surface area contributed by atoms with Crippen LogP contribution in [0.25, 0.3) is 0 Å². The maximum absolute atomic E-state index is 13.5. The molecule has 0 spiro atoms. The largest absolute Gasteiger partial charge is 0.485 e. The third kappa shape index (κ3) is 3.58. The van der Waals surface area contributed by atoms with Crippen LogP contribution in [0.4, 0.5) is 4.39 Å². The van der Waals surface area contributed by atoms with E-state index in [0.717, 1.165) is 6.07 Å². The summed E-state index contributed by atoms with van der Waals surface area (Å²) in [6, 6.07) is 10.1. The number of hydrogen-bond acceptors (Lipinski definition) is 3. The summed E-state index contributed by atoms with van der Waals surface area (Å²) in [7, 11) is 0. The Morgan fingerprint density at radius 1 is 1.14 bits per heavy atom. The number of carbonyl (C=O) groups is 2. The van der Waals surface area contributed by atoms with Crippen LogP contribution in [-0.2, 0) is 0 Å². The van der Waals surface area contributed by atoms with Crippen molar-refractivity contribution in [1.82, 2.24) is 0 Å². The molecule has 0 unspecified atom stereocenters. The van der Waals surface area contributed by atoms with Crippen molar-refractivity contribution in [2.24, 2.45) is 5.73 Å². The fourth-order valence-electron chi connectivity index (χ4n) is 1.70. The highest BCUT2D eigenvalue weighted by atomic mass is 35.5. The van der Waals surface area contributed by atoms with Crippen molar-refractivity contribution < 1.29 is 18.7 Å². The van der Waals surface area contributed by atoms with E-state index in [-0.39, 0.29) is 23.7 Å². The third-order valence-corrected chi connectivity index (χ3v) is 3.08. The second-order valence-corrected chi connectivity index (χ2v) is 4.60. The van der Waals surface area contributed by atoms with Crippen molar-refractivity contribution in [3.8, 4) is 5.75 Å². The molecule has 0 saturated heterocycles. The van der Waals surface area contributed by atoms with Crippen LogP contribution in [0, 0.1) is 5.82 Å². The summed E-state index contributed by atoms with van der Waals surface area (Å²) in [5, 5.41) is 0.321. The quantitative estimate of drug-likeness (QED) is 0.864. The molecule has 0 fully saturated rings. The number of benzene rings is 2. The lowest BCUT2D eigenvalue weighted by Gasteiger charge is -2.07. The molecule has 0 aliphatic heterocycles. The average Bonchev–Trinajstić information content (AvgIpc) is 2.45. The van der Waals surface area contributed by atoms with E-state index in [1.165, 1.54) is 12.1 Å². The minimum atomic E-state index is -0.869. The summed E-state index contributed by atoms with van der Waals surface area (Å²) in [5.74, 6) is -1.88. The van der Waals surface area contributed by atoms with Gasteiger partial charge in [-0.05, 0) is 24.3 Å². The summed E-state index contributed by atoms with van der Waals surface area (Å²) in [4.78, 5) is 22.8. The number of halogens is 2.